The van der Waals surface area contributed by atoms with E-state index in [-0.39, 0.29) is 5.91 Å². The van der Waals surface area contributed by atoms with E-state index in [1.165, 1.54) is 10.6 Å². The maximum absolute atomic E-state index is 12.3. The fraction of sp³-hybridized carbons (Fsp3) is 0.235. The van der Waals surface area contributed by atoms with Crippen molar-refractivity contribution in [3.63, 3.8) is 0 Å². The monoisotopic (exact) mass is 279 g/mol. The largest absolute Gasteiger partial charge is 0.275 e. The van der Waals surface area contributed by atoms with Crippen molar-refractivity contribution in [3.8, 4) is 0 Å². The highest BCUT2D eigenvalue weighted by Gasteiger charge is 2.22. The van der Waals surface area contributed by atoms with Crippen molar-refractivity contribution in [2.24, 2.45) is 5.10 Å². The Morgan fingerprint density at radius 1 is 1.29 bits per heavy atom. The second-order valence-electron chi connectivity index (χ2n) is 5.02. The average molecular weight is 279 g/mol. The summed E-state index contributed by atoms with van der Waals surface area (Å²) in [4.78, 5) is 16.3. The Labute approximate surface area is 124 Å². The van der Waals surface area contributed by atoms with Gasteiger partial charge < -0.3 is 0 Å². The Morgan fingerprint density at radius 2 is 2.19 bits per heavy atom. The third kappa shape index (κ3) is 2.84. The molecule has 0 aliphatic carbocycles. The van der Waals surface area contributed by atoms with E-state index in [0.717, 1.165) is 24.1 Å². The molecule has 0 N–H and O–H groups in total. The van der Waals surface area contributed by atoms with Crippen molar-refractivity contribution >= 4 is 11.6 Å². The number of carbonyl (C=O) groups excluding carboxylic acids is 1. The van der Waals surface area contributed by atoms with Crippen LogP contribution in [0.2, 0.25) is 0 Å². The van der Waals surface area contributed by atoms with Gasteiger partial charge in [0, 0.05) is 18.8 Å². The molecule has 2 heterocycles. The predicted octanol–water partition coefficient (Wildman–Crippen LogP) is 2.89. The van der Waals surface area contributed by atoms with Crippen LogP contribution in [0.3, 0.4) is 0 Å². The molecule has 1 amide bonds. The van der Waals surface area contributed by atoms with Gasteiger partial charge in [0.1, 0.15) is 0 Å². The van der Waals surface area contributed by atoms with Crippen LogP contribution in [0.5, 0.6) is 0 Å². The minimum Gasteiger partial charge on any atom is -0.267 e. The van der Waals surface area contributed by atoms with Gasteiger partial charge in [0.05, 0.1) is 17.8 Å². The molecule has 106 valence electrons. The van der Waals surface area contributed by atoms with Crippen molar-refractivity contribution in [1.29, 1.82) is 0 Å². The summed E-state index contributed by atoms with van der Waals surface area (Å²) < 4.78 is 0. The van der Waals surface area contributed by atoms with Gasteiger partial charge in [-0.1, -0.05) is 25.1 Å². The Hall–Kier alpha value is -2.49. The van der Waals surface area contributed by atoms with Crippen LogP contribution < -0.4 is 0 Å². The third-order valence-corrected chi connectivity index (χ3v) is 3.61. The predicted molar refractivity (Wildman–Crippen MR) is 82.2 cm³/mol. The molecule has 1 aliphatic rings. The van der Waals surface area contributed by atoms with E-state index in [1.54, 1.807) is 24.5 Å². The Kier molecular flexibility index (Phi) is 3.77. The summed E-state index contributed by atoms with van der Waals surface area (Å²) >= 11 is 0. The Balaban J connectivity index is 1.82. The minimum atomic E-state index is -0.0928. The van der Waals surface area contributed by atoms with Gasteiger partial charge in [0.25, 0.3) is 5.91 Å². The second-order valence-corrected chi connectivity index (χ2v) is 5.02. The first-order valence-corrected chi connectivity index (χ1v) is 7.16. The van der Waals surface area contributed by atoms with E-state index in [9.17, 15) is 4.79 Å². The van der Waals surface area contributed by atoms with Gasteiger partial charge in [0.15, 0.2) is 0 Å². The zero-order valence-electron chi connectivity index (χ0n) is 12.0. The molecule has 0 fully saturated rings. The lowest BCUT2D eigenvalue weighted by Crippen LogP contribution is -2.23. The zero-order chi connectivity index (χ0) is 14.7. The molecule has 1 aromatic carbocycles. The lowest BCUT2D eigenvalue weighted by Gasteiger charge is -2.10. The number of pyridine rings is 1. The fourth-order valence-electron chi connectivity index (χ4n) is 2.42. The minimum absolute atomic E-state index is 0.0928. The topological polar surface area (TPSA) is 45.6 Å². The van der Waals surface area contributed by atoms with Gasteiger partial charge in [-0.25, -0.2) is 5.01 Å². The molecule has 0 bridgehead atoms. The number of amides is 1. The smallest absolute Gasteiger partial charge is 0.267 e. The Morgan fingerprint density at radius 3 is 2.95 bits per heavy atom. The van der Waals surface area contributed by atoms with E-state index < -0.39 is 0 Å². The van der Waals surface area contributed by atoms with Crippen LogP contribution in [-0.4, -0.2) is 28.2 Å². The van der Waals surface area contributed by atoms with Crippen molar-refractivity contribution in [2.45, 2.75) is 19.8 Å². The summed E-state index contributed by atoms with van der Waals surface area (Å²) in [6.07, 6.45) is 5.03. The Bertz CT molecular complexity index is 679. The molecule has 2 aromatic rings. The summed E-state index contributed by atoms with van der Waals surface area (Å²) in [7, 11) is 0. The van der Waals surface area contributed by atoms with E-state index in [4.69, 9.17) is 0 Å². The number of hydrogen-bond donors (Lipinski definition) is 0. The lowest BCUT2D eigenvalue weighted by atomic mass is 10.0. The molecule has 0 spiro atoms. The summed E-state index contributed by atoms with van der Waals surface area (Å²) in [5, 5.41) is 6.02. The average Bonchev–Trinajstić information content (AvgIpc) is 3.05. The fourth-order valence-corrected chi connectivity index (χ4v) is 2.42. The maximum atomic E-state index is 12.3. The highest BCUT2D eigenvalue weighted by molar-refractivity contribution is 6.04. The van der Waals surface area contributed by atoms with Crippen LogP contribution in [0.4, 0.5) is 0 Å². The first kappa shape index (κ1) is 13.5. The molecule has 0 saturated carbocycles. The van der Waals surface area contributed by atoms with Gasteiger partial charge >= 0.3 is 0 Å². The van der Waals surface area contributed by atoms with Gasteiger partial charge in [-0.2, -0.15) is 5.10 Å². The number of aryl methyl sites for hydroxylation is 1. The number of carbonyl (C=O) groups is 1. The summed E-state index contributed by atoms with van der Waals surface area (Å²) in [5.41, 5.74) is 3.94. The first-order valence-electron chi connectivity index (χ1n) is 7.16. The van der Waals surface area contributed by atoms with Gasteiger partial charge in [-0.05, 0) is 35.7 Å². The highest BCUT2D eigenvalue weighted by atomic mass is 16.2. The molecule has 21 heavy (non-hydrogen) atoms. The van der Waals surface area contributed by atoms with Crippen molar-refractivity contribution in [1.82, 2.24) is 9.99 Å². The zero-order valence-corrected chi connectivity index (χ0v) is 12.0. The van der Waals surface area contributed by atoms with Crippen LogP contribution >= 0.6 is 0 Å². The number of hydrazone groups is 1. The maximum Gasteiger partial charge on any atom is 0.275 e. The molecule has 0 unspecified atom stereocenters. The first-order chi connectivity index (χ1) is 10.3. The molecular formula is C17H17N3O. The number of rotatable bonds is 3. The molecule has 4 heteroatoms. The quantitative estimate of drug-likeness (QED) is 0.867. The highest BCUT2D eigenvalue weighted by Crippen LogP contribution is 2.17. The van der Waals surface area contributed by atoms with Crippen molar-refractivity contribution in [3.05, 3.63) is 65.5 Å². The molecule has 0 radical (unpaired) electrons. The molecule has 0 saturated heterocycles. The third-order valence-electron chi connectivity index (χ3n) is 3.61. The van der Waals surface area contributed by atoms with Gasteiger partial charge in [-0.3, -0.25) is 9.78 Å². The summed E-state index contributed by atoms with van der Waals surface area (Å²) in [6, 6.07) is 11.9. The normalized spacial score (nSPS) is 14.1. The van der Waals surface area contributed by atoms with E-state index in [2.05, 4.69) is 35.2 Å². The van der Waals surface area contributed by atoms with Crippen LogP contribution in [0.25, 0.3) is 0 Å². The van der Waals surface area contributed by atoms with E-state index >= 15 is 0 Å². The molecule has 0 atom stereocenters. The summed E-state index contributed by atoms with van der Waals surface area (Å²) in [5.74, 6) is -0.0928. The molecule has 4 nitrogen and oxygen atoms in total. The van der Waals surface area contributed by atoms with E-state index in [1.807, 2.05) is 6.07 Å². The van der Waals surface area contributed by atoms with E-state index in [0.29, 0.717) is 12.1 Å². The van der Waals surface area contributed by atoms with Crippen LogP contribution in [0.1, 0.15) is 34.8 Å². The number of benzene rings is 1. The number of nitrogens with zero attached hydrogens (tertiary/aromatic N) is 3. The molecule has 1 aliphatic heterocycles. The van der Waals surface area contributed by atoms with Crippen LogP contribution in [0, 0.1) is 0 Å². The standard InChI is InChI=1S/C17H17N3O/c1-2-13-5-3-6-14(11-13)16-8-10-20(19-16)17(21)15-7-4-9-18-12-15/h3-7,9,11-12H,2,8,10H2,1H3. The van der Waals surface area contributed by atoms with Crippen molar-refractivity contribution in [2.75, 3.05) is 6.54 Å². The van der Waals surface area contributed by atoms with Gasteiger partial charge in [0.2, 0.25) is 0 Å². The van der Waals surface area contributed by atoms with Crippen molar-refractivity contribution < 1.29 is 4.79 Å². The lowest BCUT2D eigenvalue weighted by molar-refractivity contribution is 0.0778. The number of aromatic nitrogens is 1. The summed E-state index contributed by atoms with van der Waals surface area (Å²) in [6.45, 7) is 2.76. The van der Waals surface area contributed by atoms with Crippen LogP contribution in [-0.2, 0) is 6.42 Å². The number of hydrogen-bond acceptors (Lipinski definition) is 3. The molecule has 1 aromatic heterocycles. The van der Waals surface area contributed by atoms with Crippen LogP contribution in [0.15, 0.2) is 53.9 Å². The second kappa shape index (κ2) is 5.87. The van der Waals surface area contributed by atoms with Gasteiger partial charge in [-0.15, -0.1) is 0 Å². The molecule has 3 rings (SSSR count). The molecular weight excluding hydrogens is 262 g/mol. The SMILES string of the molecule is CCc1cccc(C2=NN(C(=O)c3cccnc3)CC2)c1.